The molecule has 1 fully saturated rings. The van der Waals surface area contributed by atoms with Crippen molar-refractivity contribution in [3.05, 3.63) is 59.7 Å². The van der Waals surface area contributed by atoms with Crippen molar-refractivity contribution in [2.45, 2.75) is 23.7 Å². The smallest absolute Gasteiger partial charge is 0.255 e. The number of carbonyl (C=O) groups excluding carboxylic acids is 1. The lowest BCUT2D eigenvalue weighted by Gasteiger charge is -2.32. The van der Waals surface area contributed by atoms with Gasteiger partial charge in [-0.1, -0.05) is 24.3 Å². The van der Waals surface area contributed by atoms with Crippen molar-refractivity contribution in [1.29, 1.82) is 0 Å². The molecule has 0 saturated carbocycles. The van der Waals surface area contributed by atoms with Crippen LogP contribution in [-0.4, -0.2) is 43.7 Å². The number of likely N-dealkylation sites (tertiary alicyclic amines) is 1. The summed E-state index contributed by atoms with van der Waals surface area (Å²) in [6.45, 7) is 1.17. The minimum absolute atomic E-state index is 0.0839. The van der Waals surface area contributed by atoms with Gasteiger partial charge in [0.2, 0.25) is 0 Å². The van der Waals surface area contributed by atoms with Gasteiger partial charge < -0.3 is 10.0 Å². The topological polar surface area (TPSA) is 74.7 Å². The molecule has 1 amide bonds. The first-order valence-corrected chi connectivity index (χ1v) is 10.1. The highest BCUT2D eigenvalue weighted by molar-refractivity contribution is 7.90. The van der Waals surface area contributed by atoms with Crippen LogP contribution in [0.5, 0.6) is 5.75 Å². The number of phenols is 1. The normalized spacial score (nSPS) is 16.0. The molecule has 0 aliphatic carbocycles. The Bertz CT molecular complexity index is 867. The van der Waals surface area contributed by atoms with Gasteiger partial charge >= 0.3 is 0 Å². The predicted molar refractivity (Wildman–Crippen MR) is 95.5 cm³/mol. The Labute approximate surface area is 147 Å². The average Bonchev–Trinajstić information content (AvgIpc) is 2.61. The first-order valence-electron chi connectivity index (χ1n) is 8.23. The molecule has 1 N–H and O–H groups in total. The van der Waals surface area contributed by atoms with Crippen LogP contribution in [0.25, 0.3) is 0 Å². The van der Waals surface area contributed by atoms with Crippen LogP contribution in [0.3, 0.4) is 0 Å². The van der Waals surface area contributed by atoms with E-state index in [0.29, 0.717) is 19.0 Å². The summed E-state index contributed by atoms with van der Waals surface area (Å²) < 4.78 is 23.8. The Morgan fingerprint density at radius 2 is 1.64 bits per heavy atom. The molecular formula is C19H21NO4S. The van der Waals surface area contributed by atoms with Crippen LogP contribution in [0.2, 0.25) is 0 Å². The molecule has 0 atom stereocenters. The fraction of sp³-hybridized carbons (Fsp3) is 0.316. The van der Waals surface area contributed by atoms with Crippen molar-refractivity contribution >= 4 is 15.7 Å². The van der Waals surface area contributed by atoms with Crippen molar-refractivity contribution in [2.24, 2.45) is 0 Å². The number of sulfone groups is 1. The third-order valence-electron chi connectivity index (χ3n) is 4.66. The fourth-order valence-corrected chi connectivity index (χ4v) is 4.18. The summed E-state index contributed by atoms with van der Waals surface area (Å²) in [5.74, 6) is 0.355. The highest BCUT2D eigenvalue weighted by Crippen LogP contribution is 2.30. The standard InChI is InChI=1S/C19H21NO4S/c1-25(23,24)18-5-3-2-4-17(18)19(22)20-12-10-15(11-13-20)14-6-8-16(21)9-7-14/h2-9,15,21H,10-13H2,1H3. The van der Waals surface area contributed by atoms with Crippen molar-refractivity contribution in [3.8, 4) is 5.75 Å². The summed E-state index contributed by atoms with van der Waals surface area (Å²) in [5.41, 5.74) is 1.40. The maximum Gasteiger partial charge on any atom is 0.255 e. The van der Waals surface area contributed by atoms with Gasteiger partial charge in [-0.15, -0.1) is 0 Å². The Kier molecular flexibility index (Phi) is 4.81. The van der Waals surface area contributed by atoms with Gasteiger partial charge in [-0.25, -0.2) is 8.42 Å². The second-order valence-electron chi connectivity index (χ2n) is 6.43. The number of hydrogen-bond donors (Lipinski definition) is 1. The van der Waals surface area contributed by atoms with E-state index < -0.39 is 9.84 Å². The minimum atomic E-state index is -3.45. The summed E-state index contributed by atoms with van der Waals surface area (Å²) in [5, 5.41) is 9.39. The molecule has 0 bridgehead atoms. The summed E-state index contributed by atoms with van der Waals surface area (Å²) in [4.78, 5) is 14.6. The van der Waals surface area contributed by atoms with Gasteiger partial charge in [0.05, 0.1) is 10.5 Å². The van der Waals surface area contributed by atoms with Gasteiger partial charge in [0, 0.05) is 19.3 Å². The molecule has 2 aromatic carbocycles. The van der Waals surface area contributed by atoms with Crippen LogP contribution in [0, 0.1) is 0 Å². The SMILES string of the molecule is CS(=O)(=O)c1ccccc1C(=O)N1CCC(c2ccc(O)cc2)CC1. The molecule has 2 aromatic rings. The molecule has 0 spiro atoms. The molecular weight excluding hydrogens is 338 g/mol. The maximum atomic E-state index is 12.8. The van der Waals surface area contributed by atoms with E-state index in [1.165, 1.54) is 6.07 Å². The Morgan fingerprint density at radius 1 is 1.04 bits per heavy atom. The van der Waals surface area contributed by atoms with Crippen molar-refractivity contribution < 1.29 is 18.3 Å². The van der Waals surface area contributed by atoms with E-state index in [-0.39, 0.29) is 22.1 Å². The predicted octanol–water partition coefficient (Wildman–Crippen LogP) is 2.82. The lowest BCUT2D eigenvalue weighted by molar-refractivity contribution is 0.0709. The number of nitrogens with zero attached hydrogens (tertiary/aromatic N) is 1. The zero-order valence-corrected chi connectivity index (χ0v) is 14.9. The van der Waals surface area contributed by atoms with Gasteiger partial charge in [-0.2, -0.15) is 0 Å². The van der Waals surface area contributed by atoms with Crippen LogP contribution in [0.1, 0.15) is 34.7 Å². The Morgan fingerprint density at radius 3 is 2.24 bits per heavy atom. The molecule has 0 radical (unpaired) electrons. The number of benzene rings is 2. The molecule has 0 aromatic heterocycles. The van der Waals surface area contributed by atoms with Crippen LogP contribution in [0.4, 0.5) is 0 Å². The lowest BCUT2D eigenvalue weighted by Crippen LogP contribution is -2.38. The zero-order chi connectivity index (χ0) is 18.0. The first-order chi connectivity index (χ1) is 11.9. The number of hydrogen-bond acceptors (Lipinski definition) is 4. The van der Waals surface area contributed by atoms with E-state index in [2.05, 4.69) is 0 Å². The lowest BCUT2D eigenvalue weighted by atomic mass is 9.89. The molecule has 0 unspecified atom stereocenters. The summed E-state index contributed by atoms with van der Waals surface area (Å²) in [6, 6.07) is 13.5. The van der Waals surface area contributed by atoms with Crippen molar-refractivity contribution in [2.75, 3.05) is 19.3 Å². The fourth-order valence-electron chi connectivity index (χ4n) is 3.30. The van der Waals surface area contributed by atoms with Crippen molar-refractivity contribution in [1.82, 2.24) is 4.90 Å². The average molecular weight is 359 g/mol. The monoisotopic (exact) mass is 359 g/mol. The molecule has 1 aliphatic rings. The van der Waals surface area contributed by atoms with Crippen LogP contribution in [-0.2, 0) is 9.84 Å². The van der Waals surface area contributed by atoms with Crippen LogP contribution in [0.15, 0.2) is 53.4 Å². The molecule has 3 rings (SSSR count). The van der Waals surface area contributed by atoms with E-state index in [4.69, 9.17) is 0 Å². The molecule has 1 heterocycles. The highest BCUT2D eigenvalue weighted by Gasteiger charge is 2.27. The molecule has 132 valence electrons. The molecule has 1 saturated heterocycles. The number of phenolic OH excluding ortho intramolecular Hbond substituents is 1. The number of aromatic hydroxyl groups is 1. The number of amides is 1. The Balaban J connectivity index is 1.73. The van der Waals surface area contributed by atoms with Gasteiger partial charge in [0.1, 0.15) is 5.75 Å². The quantitative estimate of drug-likeness (QED) is 0.914. The second-order valence-corrected chi connectivity index (χ2v) is 8.41. The number of piperidine rings is 1. The van der Waals surface area contributed by atoms with Gasteiger partial charge in [-0.3, -0.25) is 4.79 Å². The summed E-state index contributed by atoms with van der Waals surface area (Å²) in [6.07, 6.45) is 2.76. The second kappa shape index (κ2) is 6.88. The summed E-state index contributed by atoms with van der Waals surface area (Å²) >= 11 is 0. The number of carbonyl (C=O) groups is 1. The number of rotatable bonds is 3. The largest absolute Gasteiger partial charge is 0.508 e. The van der Waals surface area contributed by atoms with Gasteiger partial charge in [0.15, 0.2) is 9.84 Å². The van der Waals surface area contributed by atoms with Crippen molar-refractivity contribution in [3.63, 3.8) is 0 Å². The first kappa shape index (κ1) is 17.5. The van der Waals surface area contributed by atoms with E-state index in [1.54, 1.807) is 35.2 Å². The minimum Gasteiger partial charge on any atom is -0.508 e. The van der Waals surface area contributed by atoms with E-state index in [9.17, 15) is 18.3 Å². The highest BCUT2D eigenvalue weighted by atomic mass is 32.2. The van der Waals surface area contributed by atoms with E-state index in [1.807, 2.05) is 12.1 Å². The van der Waals surface area contributed by atoms with E-state index >= 15 is 0 Å². The van der Waals surface area contributed by atoms with Crippen LogP contribution >= 0.6 is 0 Å². The zero-order valence-electron chi connectivity index (χ0n) is 14.1. The van der Waals surface area contributed by atoms with E-state index in [0.717, 1.165) is 24.7 Å². The molecule has 6 heteroatoms. The summed E-state index contributed by atoms with van der Waals surface area (Å²) in [7, 11) is -3.45. The third kappa shape index (κ3) is 3.85. The third-order valence-corrected chi connectivity index (χ3v) is 5.82. The molecule has 25 heavy (non-hydrogen) atoms. The van der Waals surface area contributed by atoms with Gasteiger partial charge in [-0.05, 0) is 48.6 Å². The molecule has 5 nitrogen and oxygen atoms in total. The molecule has 1 aliphatic heterocycles. The van der Waals surface area contributed by atoms with Crippen LogP contribution < -0.4 is 0 Å². The Hall–Kier alpha value is -2.34. The van der Waals surface area contributed by atoms with Gasteiger partial charge in [0.25, 0.3) is 5.91 Å². The maximum absolute atomic E-state index is 12.8.